The number of aliphatic hydroxyl groups excluding tert-OH is 1. The fourth-order valence-electron chi connectivity index (χ4n) is 8.10. The van der Waals surface area contributed by atoms with Crippen molar-refractivity contribution in [1.82, 2.24) is 0 Å². The minimum atomic E-state index is -0.0820. The first kappa shape index (κ1) is 16.5. The highest BCUT2D eigenvalue weighted by molar-refractivity contribution is 5.89. The summed E-state index contributed by atoms with van der Waals surface area (Å²) in [4.78, 5) is 13.0. The van der Waals surface area contributed by atoms with E-state index in [1.165, 1.54) is 44.9 Å². The fraction of sp³-hybridized carbons (Fsp3) is 0.870. The van der Waals surface area contributed by atoms with Gasteiger partial charge in [-0.3, -0.25) is 4.79 Å². The molecule has 0 aliphatic heterocycles. The fourth-order valence-corrected chi connectivity index (χ4v) is 8.10. The number of carbonyl (C=O) groups is 1. The van der Waals surface area contributed by atoms with E-state index in [0.717, 1.165) is 43.9 Å². The summed E-state index contributed by atoms with van der Waals surface area (Å²) in [5.41, 5.74) is 1.70. The van der Waals surface area contributed by atoms with Crippen molar-refractivity contribution >= 4 is 5.78 Å². The van der Waals surface area contributed by atoms with E-state index < -0.39 is 0 Å². The number of hydrogen-bond donors (Lipinski definition) is 1. The maximum Gasteiger partial charge on any atom is 0.143 e. The molecule has 0 heterocycles. The Morgan fingerprint density at radius 1 is 1.00 bits per heavy atom. The van der Waals surface area contributed by atoms with Crippen molar-refractivity contribution in [2.75, 3.05) is 0 Å². The summed E-state index contributed by atoms with van der Waals surface area (Å²) in [5, 5.41) is 10.6. The summed E-state index contributed by atoms with van der Waals surface area (Å²) < 4.78 is 0. The van der Waals surface area contributed by atoms with Gasteiger partial charge in [-0.15, -0.1) is 0 Å². The first-order valence-corrected chi connectivity index (χ1v) is 11.0. The van der Waals surface area contributed by atoms with Crippen LogP contribution >= 0.6 is 0 Å². The number of allylic oxidation sites excluding steroid dienone is 2. The van der Waals surface area contributed by atoms with Crippen molar-refractivity contribution in [1.29, 1.82) is 0 Å². The molecule has 138 valence electrons. The lowest BCUT2D eigenvalue weighted by atomic mass is 9.48. The van der Waals surface area contributed by atoms with Crippen molar-refractivity contribution in [2.24, 2.45) is 34.5 Å². The van der Waals surface area contributed by atoms with Gasteiger partial charge in [-0.25, -0.2) is 0 Å². The second-order valence-corrected chi connectivity index (χ2v) is 10.2. The van der Waals surface area contributed by atoms with Crippen LogP contribution in [0.5, 0.6) is 0 Å². The number of rotatable bonds is 0. The van der Waals surface area contributed by atoms with E-state index in [1.54, 1.807) is 5.57 Å². The van der Waals surface area contributed by atoms with Crippen molar-refractivity contribution in [3.8, 4) is 0 Å². The summed E-state index contributed by atoms with van der Waals surface area (Å²) in [5.74, 6) is 3.51. The molecule has 0 aromatic heterocycles. The maximum absolute atomic E-state index is 13.0. The van der Waals surface area contributed by atoms with Gasteiger partial charge in [0, 0.05) is 6.42 Å². The third-order valence-electron chi connectivity index (χ3n) is 9.44. The molecular weight excluding hydrogens is 308 g/mol. The molecule has 6 atom stereocenters. The van der Waals surface area contributed by atoms with E-state index in [0.29, 0.717) is 17.6 Å². The summed E-state index contributed by atoms with van der Waals surface area (Å²) in [6.45, 7) is 2.36. The van der Waals surface area contributed by atoms with Gasteiger partial charge in [0.05, 0.1) is 11.5 Å². The minimum Gasteiger partial charge on any atom is -0.393 e. The molecule has 4 saturated carbocycles. The number of hydrogen-bond acceptors (Lipinski definition) is 2. The molecule has 0 aromatic carbocycles. The summed E-state index contributed by atoms with van der Waals surface area (Å²) in [7, 11) is 0. The van der Waals surface area contributed by atoms with Crippen LogP contribution in [0.25, 0.3) is 0 Å². The van der Waals surface area contributed by atoms with Gasteiger partial charge in [0.15, 0.2) is 0 Å². The van der Waals surface area contributed by atoms with Crippen LogP contribution in [0.2, 0.25) is 0 Å². The molecule has 5 aliphatic carbocycles. The highest BCUT2D eigenvalue weighted by Crippen LogP contribution is 2.64. The zero-order valence-electron chi connectivity index (χ0n) is 15.8. The SMILES string of the molecule is C[C@]12CC[C@H]3[C@@H](CC=C4[C@@H]3CCC(=O)C43CCCCC3)[C@@H]1CC[C@@H]2O. The van der Waals surface area contributed by atoms with Crippen LogP contribution in [0.1, 0.15) is 84.0 Å². The number of carbonyl (C=O) groups excluding carboxylic acids is 1. The molecule has 0 aromatic rings. The van der Waals surface area contributed by atoms with Crippen molar-refractivity contribution < 1.29 is 9.90 Å². The zero-order valence-corrected chi connectivity index (χ0v) is 15.8. The highest BCUT2D eigenvalue weighted by Gasteiger charge is 2.58. The van der Waals surface area contributed by atoms with Gasteiger partial charge in [0.2, 0.25) is 0 Å². The summed E-state index contributed by atoms with van der Waals surface area (Å²) in [6, 6.07) is 0. The molecule has 0 saturated heterocycles. The average molecular weight is 343 g/mol. The van der Waals surface area contributed by atoms with Gasteiger partial charge in [0.1, 0.15) is 5.78 Å². The van der Waals surface area contributed by atoms with Crippen LogP contribution in [-0.2, 0) is 4.79 Å². The van der Waals surface area contributed by atoms with Crippen LogP contribution in [0, 0.1) is 34.5 Å². The van der Waals surface area contributed by atoms with Gasteiger partial charge in [-0.2, -0.15) is 0 Å². The predicted molar refractivity (Wildman–Crippen MR) is 99.0 cm³/mol. The zero-order chi connectivity index (χ0) is 17.2. The van der Waals surface area contributed by atoms with Crippen LogP contribution in [0.4, 0.5) is 0 Å². The first-order valence-electron chi connectivity index (χ1n) is 11.0. The Kier molecular flexibility index (Phi) is 3.76. The van der Waals surface area contributed by atoms with E-state index >= 15 is 0 Å². The van der Waals surface area contributed by atoms with Crippen LogP contribution in [0.15, 0.2) is 11.6 Å². The number of Topliss-reactive ketones (excluding diaryl/α,β-unsaturated/α-hetero) is 1. The molecule has 4 fully saturated rings. The maximum atomic E-state index is 13.0. The molecule has 2 heteroatoms. The van der Waals surface area contributed by atoms with Gasteiger partial charge < -0.3 is 5.11 Å². The van der Waals surface area contributed by atoms with Gasteiger partial charge in [-0.1, -0.05) is 37.8 Å². The van der Waals surface area contributed by atoms with E-state index in [4.69, 9.17) is 0 Å². The number of aliphatic hydroxyl groups is 1. The summed E-state index contributed by atoms with van der Waals surface area (Å²) >= 11 is 0. The lowest BCUT2D eigenvalue weighted by Crippen LogP contribution is -2.51. The Hall–Kier alpha value is -0.630. The van der Waals surface area contributed by atoms with Crippen molar-refractivity contribution in [2.45, 2.75) is 90.1 Å². The van der Waals surface area contributed by atoms with E-state index in [9.17, 15) is 9.90 Å². The van der Waals surface area contributed by atoms with Crippen molar-refractivity contribution in [3.05, 3.63) is 11.6 Å². The Morgan fingerprint density at radius 3 is 2.60 bits per heavy atom. The van der Waals surface area contributed by atoms with Crippen LogP contribution in [-0.4, -0.2) is 17.0 Å². The summed E-state index contributed by atoms with van der Waals surface area (Å²) in [6.07, 6.45) is 16.4. The van der Waals surface area contributed by atoms with E-state index in [1.807, 2.05) is 0 Å². The van der Waals surface area contributed by atoms with Crippen LogP contribution in [0.3, 0.4) is 0 Å². The normalized spacial score (nSPS) is 48.5. The van der Waals surface area contributed by atoms with Gasteiger partial charge >= 0.3 is 0 Å². The molecule has 5 rings (SSSR count). The molecule has 0 radical (unpaired) electrons. The number of fused-ring (bicyclic) bond motifs is 6. The second-order valence-electron chi connectivity index (χ2n) is 10.2. The molecule has 0 bridgehead atoms. The third-order valence-corrected chi connectivity index (χ3v) is 9.44. The molecule has 5 aliphatic rings. The smallest absolute Gasteiger partial charge is 0.143 e. The Morgan fingerprint density at radius 2 is 1.80 bits per heavy atom. The number of ketones is 1. The standard InChI is InChI=1S/C23H34O2/c1-22-14-11-15-16(18(22)8-10-20(22)24)5-7-19-17(15)6-9-21(25)23(19)12-3-2-4-13-23/h7,15-18,20,24H,2-6,8-14H2,1H3/t15-,16+,17+,18-,20-,22-/m0/s1. The molecule has 25 heavy (non-hydrogen) atoms. The monoisotopic (exact) mass is 342 g/mol. The third kappa shape index (κ3) is 2.16. The molecule has 1 spiro atoms. The topological polar surface area (TPSA) is 37.3 Å². The van der Waals surface area contributed by atoms with Crippen molar-refractivity contribution in [3.63, 3.8) is 0 Å². The Balaban J connectivity index is 1.50. The second kappa shape index (κ2) is 5.68. The first-order chi connectivity index (χ1) is 12.1. The average Bonchev–Trinajstić information content (AvgIpc) is 2.94. The van der Waals surface area contributed by atoms with Gasteiger partial charge in [0.25, 0.3) is 0 Å². The quantitative estimate of drug-likeness (QED) is 0.626. The lowest BCUT2D eigenvalue weighted by molar-refractivity contribution is -0.132. The van der Waals surface area contributed by atoms with E-state index in [-0.39, 0.29) is 16.9 Å². The molecule has 2 nitrogen and oxygen atoms in total. The molecule has 1 N–H and O–H groups in total. The molecule has 0 amide bonds. The Labute approximate surface area is 152 Å². The Bertz CT molecular complexity index is 599. The molecule has 0 unspecified atom stereocenters. The van der Waals surface area contributed by atoms with E-state index in [2.05, 4.69) is 13.0 Å². The van der Waals surface area contributed by atoms with Crippen LogP contribution < -0.4 is 0 Å². The minimum absolute atomic E-state index is 0.0535. The predicted octanol–water partition coefficient (Wildman–Crippen LogP) is 5.05. The largest absolute Gasteiger partial charge is 0.393 e. The molecular formula is C23H34O2. The highest BCUT2D eigenvalue weighted by atomic mass is 16.3. The lowest BCUT2D eigenvalue weighted by Gasteiger charge is -2.56. The van der Waals surface area contributed by atoms with Gasteiger partial charge in [-0.05, 0) is 80.5 Å².